The molecule has 0 fully saturated rings. The van der Waals surface area contributed by atoms with E-state index >= 15 is 0 Å². The van der Waals surface area contributed by atoms with Crippen LogP contribution in [-0.4, -0.2) is 29.4 Å². The van der Waals surface area contributed by atoms with Gasteiger partial charge in [0.15, 0.2) is 5.65 Å². The van der Waals surface area contributed by atoms with Gasteiger partial charge in [-0.2, -0.15) is 4.68 Å². The normalized spacial score (nSPS) is 11.2. The zero-order chi connectivity index (χ0) is 12.0. The van der Waals surface area contributed by atoms with E-state index in [1.54, 1.807) is 7.05 Å². The third kappa shape index (κ3) is 1.45. The van der Waals surface area contributed by atoms with Crippen molar-refractivity contribution in [1.29, 1.82) is 0 Å². The SMILES string of the molecule is Cc1csc(-c2ncn3c(=O)n(C)nnc23)n1. The Balaban J connectivity index is 2.33. The molecule has 0 saturated heterocycles. The summed E-state index contributed by atoms with van der Waals surface area (Å²) in [5.41, 5.74) is 1.67. The summed E-state index contributed by atoms with van der Waals surface area (Å²) < 4.78 is 2.52. The molecule has 0 spiro atoms. The number of hydrogen-bond acceptors (Lipinski definition) is 6. The van der Waals surface area contributed by atoms with E-state index in [4.69, 9.17) is 0 Å². The second-order valence-corrected chi connectivity index (χ2v) is 4.43. The second-order valence-electron chi connectivity index (χ2n) is 3.58. The van der Waals surface area contributed by atoms with Gasteiger partial charge in [-0.3, -0.25) is 0 Å². The number of imidazole rings is 1. The molecule has 3 heterocycles. The summed E-state index contributed by atoms with van der Waals surface area (Å²) >= 11 is 1.47. The number of thiazole rings is 1. The largest absolute Gasteiger partial charge is 0.352 e. The molecule has 3 rings (SSSR count). The van der Waals surface area contributed by atoms with Gasteiger partial charge in [-0.25, -0.2) is 19.2 Å². The Morgan fingerprint density at radius 1 is 1.41 bits per heavy atom. The Hall–Kier alpha value is -2.09. The number of rotatable bonds is 1. The molecule has 0 atom stereocenters. The third-order valence-corrected chi connectivity index (χ3v) is 3.29. The van der Waals surface area contributed by atoms with Crippen molar-refractivity contribution < 1.29 is 0 Å². The van der Waals surface area contributed by atoms with Crippen LogP contribution in [0.3, 0.4) is 0 Å². The molecule has 7 nitrogen and oxygen atoms in total. The highest BCUT2D eigenvalue weighted by Gasteiger charge is 2.14. The predicted molar refractivity (Wildman–Crippen MR) is 61.9 cm³/mol. The molecule has 8 heteroatoms. The van der Waals surface area contributed by atoms with Gasteiger partial charge in [0.25, 0.3) is 0 Å². The quantitative estimate of drug-likeness (QED) is 0.617. The topological polar surface area (TPSA) is 78.0 Å². The standard InChI is InChI=1S/C9H8N6OS/c1-5-3-17-8(11-5)6-7-12-13-14(2)9(16)15(7)4-10-6/h3-4H,1-2H3. The van der Waals surface area contributed by atoms with Crippen LogP contribution in [0.1, 0.15) is 5.69 Å². The Morgan fingerprint density at radius 3 is 2.94 bits per heavy atom. The lowest BCUT2D eigenvalue weighted by Crippen LogP contribution is -2.26. The van der Waals surface area contributed by atoms with Crippen LogP contribution < -0.4 is 5.69 Å². The van der Waals surface area contributed by atoms with Crippen molar-refractivity contribution in [3.63, 3.8) is 0 Å². The first-order chi connectivity index (χ1) is 8.16. The number of aryl methyl sites for hydroxylation is 2. The van der Waals surface area contributed by atoms with Crippen LogP contribution in [0.5, 0.6) is 0 Å². The van der Waals surface area contributed by atoms with E-state index in [2.05, 4.69) is 20.3 Å². The molecule has 0 radical (unpaired) electrons. The van der Waals surface area contributed by atoms with Gasteiger partial charge in [0.2, 0.25) is 0 Å². The van der Waals surface area contributed by atoms with Crippen LogP contribution in [0.4, 0.5) is 0 Å². The number of fused-ring (bicyclic) bond motifs is 1. The summed E-state index contributed by atoms with van der Waals surface area (Å²) in [4.78, 5) is 20.2. The monoisotopic (exact) mass is 248 g/mol. The Morgan fingerprint density at radius 2 is 2.24 bits per heavy atom. The second kappa shape index (κ2) is 3.45. The third-order valence-electron chi connectivity index (χ3n) is 2.32. The van der Waals surface area contributed by atoms with Crippen LogP contribution in [0.25, 0.3) is 16.3 Å². The van der Waals surface area contributed by atoms with Crippen LogP contribution >= 0.6 is 11.3 Å². The minimum Gasteiger partial charge on any atom is -0.245 e. The zero-order valence-corrected chi connectivity index (χ0v) is 9.97. The first-order valence-electron chi connectivity index (χ1n) is 4.86. The molecule has 0 unspecified atom stereocenters. The van der Waals surface area contributed by atoms with E-state index in [-0.39, 0.29) is 5.69 Å². The van der Waals surface area contributed by atoms with Gasteiger partial charge < -0.3 is 0 Å². The highest BCUT2D eigenvalue weighted by molar-refractivity contribution is 7.13. The highest BCUT2D eigenvalue weighted by atomic mass is 32.1. The smallest absolute Gasteiger partial charge is 0.245 e. The van der Waals surface area contributed by atoms with Crippen LogP contribution in [-0.2, 0) is 7.05 Å². The van der Waals surface area contributed by atoms with Crippen LogP contribution in [0.2, 0.25) is 0 Å². The summed E-state index contributed by atoms with van der Waals surface area (Å²) in [6.45, 7) is 1.91. The number of hydrogen-bond donors (Lipinski definition) is 0. The maximum atomic E-state index is 11.7. The Kier molecular flexibility index (Phi) is 2.05. The fraction of sp³-hybridized carbons (Fsp3) is 0.222. The number of aromatic nitrogens is 6. The molecule has 86 valence electrons. The molecule has 0 aliphatic heterocycles. The summed E-state index contributed by atoms with van der Waals surface area (Å²) in [6.07, 6.45) is 1.44. The van der Waals surface area contributed by atoms with Crippen molar-refractivity contribution in [2.75, 3.05) is 0 Å². The van der Waals surface area contributed by atoms with Crippen LogP contribution in [0, 0.1) is 6.92 Å². The van der Waals surface area contributed by atoms with E-state index < -0.39 is 0 Å². The maximum Gasteiger partial charge on any atom is 0.352 e. The average molecular weight is 248 g/mol. The lowest BCUT2D eigenvalue weighted by atomic mass is 10.4. The van der Waals surface area contributed by atoms with Gasteiger partial charge in [-0.1, -0.05) is 5.21 Å². The molecule has 3 aromatic rings. The van der Waals surface area contributed by atoms with E-state index in [0.717, 1.165) is 15.4 Å². The highest BCUT2D eigenvalue weighted by Crippen LogP contribution is 2.23. The molecule has 3 aromatic heterocycles. The number of nitrogens with zero attached hydrogens (tertiary/aromatic N) is 6. The van der Waals surface area contributed by atoms with E-state index in [0.29, 0.717) is 11.3 Å². The van der Waals surface area contributed by atoms with Gasteiger partial charge in [0.1, 0.15) is 17.0 Å². The summed E-state index contributed by atoms with van der Waals surface area (Å²) in [6, 6.07) is 0. The summed E-state index contributed by atoms with van der Waals surface area (Å²) in [5, 5.41) is 10.4. The van der Waals surface area contributed by atoms with Gasteiger partial charge in [-0.05, 0) is 6.92 Å². The molecule has 0 bridgehead atoms. The first kappa shape index (κ1) is 10.1. The molecular weight excluding hydrogens is 240 g/mol. The van der Waals surface area contributed by atoms with E-state index in [1.165, 1.54) is 22.1 Å². The van der Waals surface area contributed by atoms with Gasteiger partial charge in [0.05, 0.1) is 0 Å². The average Bonchev–Trinajstić information content (AvgIpc) is 2.89. The van der Waals surface area contributed by atoms with Gasteiger partial charge in [0, 0.05) is 18.1 Å². The van der Waals surface area contributed by atoms with Crippen molar-refractivity contribution >= 4 is 17.0 Å². The molecule has 0 saturated carbocycles. The van der Waals surface area contributed by atoms with E-state index in [1.807, 2.05) is 12.3 Å². The van der Waals surface area contributed by atoms with Crippen molar-refractivity contribution in [3.8, 4) is 10.7 Å². The minimum atomic E-state index is -0.276. The molecule has 0 aliphatic rings. The minimum absolute atomic E-state index is 0.276. The van der Waals surface area contributed by atoms with Crippen molar-refractivity contribution in [2.24, 2.45) is 7.05 Å². The maximum absolute atomic E-state index is 11.7. The fourth-order valence-corrected chi connectivity index (χ4v) is 2.28. The summed E-state index contributed by atoms with van der Waals surface area (Å²) in [5.74, 6) is 0. The molecule has 0 amide bonds. The zero-order valence-electron chi connectivity index (χ0n) is 9.15. The van der Waals surface area contributed by atoms with Crippen molar-refractivity contribution in [3.05, 3.63) is 27.9 Å². The van der Waals surface area contributed by atoms with Crippen LogP contribution in [0.15, 0.2) is 16.5 Å². The lowest BCUT2D eigenvalue weighted by Gasteiger charge is -1.95. The van der Waals surface area contributed by atoms with Crippen molar-refractivity contribution in [1.82, 2.24) is 29.4 Å². The first-order valence-corrected chi connectivity index (χ1v) is 5.74. The molecule has 17 heavy (non-hydrogen) atoms. The lowest BCUT2D eigenvalue weighted by molar-refractivity contribution is 0.607. The molecule has 0 aromatic carbocycles. The van der Waals surface area contributed by atoms with Crippen molar-refractivity contribution in [2.45, 2.75) is 6.92 Å². The van der Waals surface area contributed by atoms with E-state index in [9.17, 15) is 4.79 Å². The summed E-state index contributed by atoms with van der Waals surface area (Å²) in [7, 11) is 1.54. The van der Waals surface area contributed by atoms with Gasteiger partial charge in [-0.15, -0.1) is 16.4 Å². The molecule has 0 aliphatic carbocycles. The Bertz CT molecular complexity index is 754. The fourth-order valence-electron chi connectivity index (χ4n) is 1.49. The van der Waals surface area contributed by atoms with Gasteiger partial charge >= 0.3 is 5.69 Å². The Labute approximate surface area is 99.4 Å². The molecular formula is C9H8N6OS. The molecule has 0 N–H and O–H groups in total. The predicted octanol–water partition coefficient (Wildman–Crippen LogP) is 0.255.